The lowest BCUT2D eigenvalue weighted by atomic mass is 10.4. The van der Waals surface area contributed by atoms with Crippen molar-refractivity contribution in [2.45, 2.75) is 25.9 Å². The summed E-state index contributed by atoms with van der Waals surface area (Å²) in [5, 5.41) is 10.1. The molecule has 0 radical (unpaired) electrons. The van der Waals surface area contributed by atoms with Crippen LogP contribution in [0.5, 0.6) is 0 Å². The van der Waals surface area contributed by atoms with E-state index in [0.717, 1.165) is 12.8 Å². The summed E-state index contributed by atoms with van der Waals surface area (Å²) in [6.45, 7) is 1.62. The maximum atomic E-state index is 12.4. The molecule has 0 saturated heterocycles. The van der Waals surface area contributed by atoms with Crippen LogP contribution in [0.25, 0.3) is 0 Å². The molecule has 1 amide bonds. The van der Waals surface area contributed by atoms with Gasteiger partial charge in [-0.3, -0.25) is 0 Å². The summed E-state index contributed by atoms with van der Waals surface area (Å²) in [5.74, 6) is -1.60. The number of hydrogen-bond acceptors (Lipinski definition) is 3. The Morgan fingerprint density at radius 1 is 1.57 bits per heavy atom. The van der Waals surface area contributed by atoms with Crippen LogP contribution in [-0.2, 0) is 9.53 Å². The Labute approximate surface area is 81.2 Å². The van der Waals surface area contributed by atoms with E-state index in [1.54, 1.807) is 0 Å². The largest absolute Gasteiger partial charge is 0.479 e. The van der Waals surface area contributed by atoms with Crippen molar-refractivity contribution < 1.29 is 23.8 Å². The van der Waals surface area contributed by atoms with Crippen LogP contribution in [0.2, 0.25) is 0 Å². The topological polar surface area (TPSA) is 75.6 Å². The maximum absolute atomic E-state index is 12.4. The van der Waals surface area contributed by atoms with Crippen LogP contribution in [-0.4, -0.2) is 36.5 Å². The van der Waals surface area contributed by atoms with Gasteiger partial charge < -0.3 is 15.2 Å². The van der Waals surface area contributed by atoms with Gasteiger partial charge in [0.15, 0.2) is 0 Å². The predicted molar refractivity (Wildman–Crippen MR) is 46.8 cm³/mol. The first-order valence-corrected chi connectivity index (χ1v) is 4.35. The molecular weight excluding hydrogens is 193 g/mol. The first-order chi connectivity index (χ1) is 6.57. The third-order valence-electron chi connectivity index (χ3n) is 1.42. The van der Waals surface area contributed by atoms with Crippen LogP contribution in [0.3, 0.4) is 0 Å². The molecule has 0 aromatic carbocycles. The number of amides is 1. The van der Waals surface area contributed by atoms with Crippen molar-refractivity contribution in [1.82, 2.24) is 5.32 Å². The highest BCUT2D eigenvalue weighted by atomic mass is 19.1. The van der Waals surface area contributed by atoms with Crippen molar-refractivity contribution in [1.29, 1.82) is 0 Å². The van der Waals surface area contributed by atoms with Crippen molar-refractivity contribution in [2.24, 2.45) is 0 Å². The molecular formula is C8H14FNO4. The smallest absolute Gasteiger partial charge is 0.407 e. The van der Waals surface area contributed by atoms with E-state index < -0.39 is 24.8 Å². The first kappa shape index (κ1) is 12.7. The van der Waals surface area contributed by atoms with Crippen molar-refractivity contribution >= 4 is 12.1 Å². The average Bonchev–Trinajstić information content (AvgIpc) is 2.14. The number of nitrogens with one attached hydrogen (secondary N) is 1. The zero-order chi connectivity index (χ0) is 11.0. The second-order valence-corrected chi connectivity index (χ2v) is 2.68. The number of carboxylic acid groups (broad SMARTS) is 1. The van der Waals surface area contributed by atoms with Crippen molar-refractivity contribution in [3.05, 3.63) is 0 Å². The highest BCUT2D eigenvalue weighted by Gasteiger charge is 2.16. The number of carbonyl (C=O) groups is 2. The molecule has 0 fully saturated rings. The zero-order valence-corrected chi connectivity index (χ0v) is 7.96. The highest BCUT2D eigenvalue weighted by Crippen LogP contribution is 1.91. The summed E-state index contributed by atoms with van der Waals surface area (Å²) in [7, 11) is 0. The van der Waals surface area contributed by atoms with Gasteiger partial charge in [0, 0.05) is 0 Å². The minimum absolute atomic E-state index is 0.256. The second-order valence-electron chi connectivity index (χ2n) is 2.68. The molecule has 0 aliphatic heterocycles. The molecule has 5 nitrogen and oxygen atoms in total. The summed E-state index contributed by atoms with van der Waals surface area (Å²) in [6.07, 6.45) is -1.27. The van der Waals surface area contributed by atoms with Crippen molar-refractivity contribution in [3.63, 3.8) is 0 Å². The van der Waals surface area contributed by atoms with E-state index in [9.17, 15) is 14.0 Å². The maximum Gasteiger partial charge on any atom is 0.407 e. The summed E-state index contributed by atoms with van der Waals surface area (Å²) >= 11 is 0. The van der Waals surface area contributed by atoms with Gasteiger partial charge in [-0.05, 0) is 6.42 Å². The second kappa shape index (κ2) is 7.11. The predicted octanol–water partition coefficient (Wildman–Crippen LogP) is 0.935. The third kappa shape index (κ3) is 6.22. The molecule has 6 heteroatoms. The number of halogens is 1. The number of carbonyl (C=O) groups excluding carboxylic acids is 1. The van der Waals surface area contributed by atoms with E-state index in [4.69, 9.17) is 5.11 Å². The molecule has 0 aromatic rings. The lowest BCUT2D eigenvalue weighted by Crippen LogP contribution is -2.34. The number of unbranched alkanes of at least 4 members (excludes halogenated alkanes) is 1. The summed E-state index contributed by atoms with van der Waals surface area (Å²) in [4.78, 5) is 20.8. The Balaban J connectivity index is 3.48. The molecule has 2 N–H and O–H groups in total. The number of alkyl halides is 1. The molecule has 0 aliphatic rings. The van der Waals surface area contributed by atoms with E-state index in [1.807, 2.05) is 12.2 Å². The van der Waals surface area contributed by atoms with Crippen LogP contribution in [0.4, 0.5) is 9.18 Å². The Bertz CT molecular complexity index is 198. The summed E-state index contributed by atoms with van der Waals surface area (Å²) in [6, 6.07) is 0. The lowest BCUT2D eigenvalue weighted by molar-refractivity contribution is -0.142. The average molecular weight is 207 g/mol. The molecule has 0 bridgehead atoms. The number of hydrogen-bond donors (Lipinski definition) is 2. The molecule has 82 valence electrons. The van der Waals surface area contributed by atoms with Gasteiger partial charge in [0.2, 0.25) is 6.17 Å². The fourth-order valence-corrected chi connectivity index (χ4v) is 0.620. The molecule has 1 unspecified atom stereocenters. The van der Waals surface area contributed by atoms with Gasteiger partial charge in [0.1, 0.15) is 0 Å². The fourth-order valence-electron chi connectivity index (χ4n) is 0.620. The lowest BCUT2D eigenvalue weighted by Gasteiger charge is -2.06. The van der Waals surface area contributed by atoms with E-state index in [1.165, 1.54) is 0 Å². The quantitative estimate of drug-likeness (QED) is 0.635. The van der Waals surface area contributed by atoms with Gasteiger partial charge >= 0.3 is 12.1 Å². The minimum Gasteiger partial charge on any atom is -0.479 e. The third-order valence-corrected chi connectivity index (χ3v) is 1.42. The van der Waals surface area contributed by atoms with E-state index in [-0.39, 0.29) is 6.61 Å². The molecule has 0 heterocycles. The molecule has 0 saturated carbocycles. The van der Waals surface area contributed by atoms with Crippen LogP contribution >= 0.6 is 0 Å². The summed E-state index contributed by atoms with van der Waals surface area (Å²) < 4.78 is 17.0. The van der Waals surface area contributed by atoms with Crippen LogP contribution in [0, 0.1) is 0 Å². The Morgan fingerprint density at radius 3 is 2.71 bits per heavy atom. The standard InChI is InChI=1S/C8H14FNO4/c1-2-3-4-14-8(13)10-5-6(9)7(11)12/h6H,2-5H2,1H3,(H,10,13)(H,11,12). The minimum atomic E-state index is -2.09. The molecule has 14 heavy (non-hydrogen) atoms. The Kier molecular flexibility index (Phi) is 6.43. The van der Waals surface area contributed by atoms with Gasteiger partial charge in [0.05, 0.1) is 13.2 Å². The number of alkyl carbamates (subject to hydrolysis) is 1. The van der Waals surface area contributed by atoms with E-state index >= 15 is 0 Å². The first-order valence-electron chi connectivity index (χ1n) is 4.35. The fraction of sp³-hybridized carbons (Fsp3) is 0.750. The monoisotopic (exact) mass is 207 g/mol. The number of ether oxygens (including phenoxy) is 1. The molecule has 0 aromatic heterocycles. The van der Waals surface area contributed by atoms with E-state index in [2.05, 4.69) is 4.74 Å². The number of rotatable bonds is 6. The zero-order valence-electron chi connectivity index (χ0n) is 7.96. The molecule has 0 rings (SSSR count). The van der Waals surface area contributed by atoms with Gasteiger partial charge in [-0.25, -0.2) is 14.0 Å². The van der Waals surface area contributed by atoms with Gasteiger partial charge in [-0.1, -0.05) is 13.3 Å². The van der Waals surface area contributed by atoms with E-state index in [0.29, 0.717) is 0 Å². The van der Waals surface area contributed by atoms with Gasteiger partial charge in [-0.2, -0.15) is 0 Å². The van der Waals surface area contributed by atoms with Crippen LogP contribution < -0.4 is 5.32 Å². The van der Waals surface area contributed by atoms with Crippen molar-refractivity contribution in [3.8, 4) is 0 Å². The molecule has 0 spiro atoms. The number of carboxylic acids is 1. The summed E-state index contributed by atoms with van der Waals surface area (Å²) in [5.41, 5.74) is 0. The van der Waals surface area contributed by atoms with Crippen molar-refractivity contribution in [2.75, 3.05) is 13.2 Å². The Morgan fingerprint density at radius 2 is 2.21 bits per heavy atom. The normalized spacial score (nSPS) is 11.9. The number of aliphatic carboxylic acids is 1. The molecule has 0 aliphatic carbocycles. The highest BCUT2D eigenvalue weighted by molar-refractivity contribution is 5.74. The van der Waals surface area contributed by atoms with Gasteiger partial charge in [-0.15, -0.1) is 0 Å². The Hall–Kier alpha value is -1.33. The van der Waals surface area contributed by atoms with Gasteiger partial charge in [0.25, 0.3) is 0 Å². The van der Waals surface area contributed by atoms with Crippen LogP contribution in [0.1, 0.15) is 19.8 Å². The van der Waals surface area contributed by atoms with Crippen LogP contribution in [0.15, 0.2) is 0 Å². The SMILES string of the molecule is CCCCOC(=O)NCC(F)C(=O)O. The molecule has 1 atom stereocenters.